The molecule has 2 rings (SSSR count). The van der Waals surface area contributed by atoms with Crippen LogP contribution in [0.3, 0.4) is 0 Å². The quantitative estimate of drug-likeness (QED) is 0.645. The van der Waals surface area contributed by atoms with Gasteiger partial charge in [-0.15, -0.1) is 0 Å². The Morgan fingerprint density at radius 1 is 1.11 bits per heavy atom. The standard InChI is InChI=1S/C20H26ClN3O3S/c1-14(2)12-19(20(22)25)24(13-15-4-8-17(23-3)9-5-15)28(26,27)18-10-6-16(21)7-11-18/h4-11,14,19,23H,12-13H2,1-3H3,(H2,22,25)/t19-/m1/s1. The van der Waals surface area contributed by atoms with Crippen LogP contribution in [0, 0.1) is 5.92 Å². The monoisotopic (exact) mass is 423 g/mol. The molecule has 0 heterocycles. The molecule has 28 heavy (non-hydrogen) atoms. The van der Waals surface area contributed by atoms with Crippen LogP contribution in [0.2, 0.25) is 5.02 Å². The van der Waals surface area contributed by atoms with Crippen molar-refractivity contribution in [3.05, 3.63) is 59.1 Å². The van der Waals surface area contributed by atoms with E-state index >= 15 is 0 Å². The summed E-state index contributed by atoms with van der Waals surface area (Å²) >= 11 is 5.89. The first-order chi connectivity index (χ1) is 13.1. The van der Waals surface area contributed by atoms with E-state index in [1.165, 1.54) is 28.6 Å². The number of nitrogens with two attached hydrogens (primary N) is 1. The first kappa shape index (κ1) is 22.2. The van der Waals surface area contributed by atoms with E-state index < -0.39 is 22.0 Å². The number of primary amides is 1. The van der Waals surface area contributed by atoms with Gasteiger partial charge in [0.25, 0.3) is 0 Å². The topological polar surface area (TPSA) is 92.5 Å². The number of nitrogens with one attached hydrogen (secondary N) is 1. The third-order valence-electron chi connectivity index (χ3n) is 4.37. The first-order valence-corrected chi connectivity index (χ1v) is 10.8. The Morgan fingerprint density at radius 3 is 2.14 bits per heavy atom. The van der Waals surface area contributed by atoms with Crippen LogP contribution in [-0.4, -0.2) is 31.7 Å². The molecule has 0 bridgehead atoms. The molecule has 2 aromatic rings. The number of carbonyl (C=O) groups excluding carboxylic acids is 1. The lowest BCUT2D eigenvalue weighted by Crippen LogP contribution is -2.48. The Labute approximate surface area is 171 Å². The zero-order chi connectivity index (χ0) is 20.9. The van der Waals surface area contributed by atoms with Crippen LogP contribution in [-0.2, 0) is 21.4 Å². The van der Waals surface area contributed by atoms with Crippen LogP contribution in [0.4, 0.5) is 5.69 Å². The molecule has 0 saturated carbocycles. The van der Waals surface area contributed by atoms with Gasteiger partial charge < -0.3 is 11.1 Å². The normalized spacial score (nSPS) is 12.9. The van der Waals surface area contributed by atoms with Crippen molar-refractivity contribution in [3.63, 3.8) is 0 Å². The second-order valence-corrected chi connectivity index (χ2v) is 9.33. The number of amides is 1. The van der Waals surface area contributed by atoms with E-state index in [0.29, 0.717) is 11.4 Å². The number of hydrogen-bond acceptors (Lipinski definition) is 4. The fourth-order valence-electron chi connectivity index (χ4n) is 2.88. The average Bonchev–Trinajstić information content (AvgIpc) is 2.65. The lowest BCUT2D eigenvalue weighted by molar-refractivity contribution is -0.122. The highest BCUT2D eigenvalue weighted by atomic mass is 35.5. The van der Waals surface area contributed by atoms with Crippen LogP contribution in [0.15, 0.2) is 53.4 Å². The number of nitrogens with zero attached hydrogens (tertiary/aromatic N) is 1. The molecule has 0 aliphatic heterocycles. The van der Waals surface area contributed by atoms with Crippen molar-refractivity contribution in [1.29, 1.82) is 0 Å². The molecule has 0 aliphatic rings. The number of hydrogen-bond donors (Lipinski definition) is 2. The molecule has 0 saturated heterocycles. The summed E-state index contributed by atoms with van der Waals surface area (Å²) in [5, 5.41) is 3.45. The number of rotatable bonds is 9. The maximum absolute atomic E-state index is 13.4. The first-order valence-electron chi connectivity index (χ1n) is 8.98. The van der Waals surface area contributed by atoms with Gasteiger partial charge >= 0.3 is 0 Å². The number of halogens is 1. The lowest BCUT2D eigenvalue weighted by Gasteiger charge is -2.30. The molecule has 0 fully saturated rings. The van der Waals surface area contributed by atoms with E-state index in [1.807, 2.05) is 38.1 Å². The maximum atomic E-state index is 13.4. The predicted molar refractivity (Wildman–Crippen MR) is 113 cm³/mol. The van der Waals surface area contributed by atoms with Gasteiger partial charge in [0.2, 0.25) is 15.9 Å². The molecule has 0 aromatic heterocycles. The summed E-state index contributed by atoms with van der Waals surface area (Å²) in [5.74, 6) is -0.579. The third-order valence-corrected chi connectivity index (χ3v) is 6.49. The molecule has 8 heteroatoms. The molecule has 1 atom stereocenters. The van der Waals surface area contributed by atoms with Crippen molar-refractivity contribution < 1.29 is 13.2 Å². The largest absolute Gasteiger partial charge is 0.388 e. The highest BCUT2D eigenvalue weighted by molar-refractivity contribution is 7.89. The minimum atomic E-state index is -3.96. The van der Waals surface area contributed by atoms with Crippen LogP contribution in [0.5, 0.6) is 0 Å². The second kappa shape index (κ2) is 9.41. The van der Waals surface area contributed by atoms with Crippen molar-refractivity contribution >= 4 is 33.2 Å². The molecule has 2 aromatic carbocycles. The summed E-state index contributed by atoms with van der Waals surface area (Å²) in [6.45, 7) is 3.88. The van der Waals surface area contributed by atoms with Gasteiger partial charge in [-0.25, -0.2) is 8.42 Å². The average molecular weight is 424 g/mol. The van der Waals surface area contributed by atoms with E-state index in [4.69, 9.17) is 17.3 Å². The van der Waals surface area contributed by atoms with Gasteiger partial charge in [0.05, 0.1) is 4.90 Å². The summed E-state index contributed by atoms with van der Waals surface area (Å²) in [6.07, 6.45) is 0.330. The van der Waals surface area contributed by atoms with E-state index in [0.717, 1.165) is 11.3 Å². The number of carbonyl (C=O) groups is 1. The number of sulfonamides is 1. The van der Waals surface area contributed by atoms with Gasteiger partial charge in [0.15, 0.2) is 0 Å². The Morgan fingerprint density at radius 2 is 1.68 bits per heavy atom. The minimum Gasteiger partial charge on any atom is -0.388 e. The van der Waals surface area contributed by atoms with Crippen molar-refractivity contribution in [2.75, 3.05) is 12.4 Å². The van der Waals surface area contributed by atoms with Crippen molar-refractivity contribution in [2.24, 2.45) is 11.7 Å². The molecule has 0 spiro atoms. The molecule has 1 amide bonds. The Hall–Kier alpha value is -2.09. The van der Waals surface area contributed by atoms with Crippen LogP contribution < -0.4 is 11.1 Å². The van der Waals surface area contributed by atoms with Gasteiger partial charge in [-0.3, -0.25) is 4.79 Å². The SMILES string of the molecule is CNc1ccc(CN([C@H](CC(C)C)C(N)=O)S(=O)(=O)c2ccc(Cl)cc2)cc1. The van der Waals surface area contributed by atoms with Crippen LogP contribution in [0.25, 0.3) is 0 Å². The molecule has 3 N–H and O–H groups in total. The zero-order valence-electron chi connectivity index (χ0n) is 16.2. The van der Waals surface area contributed by atoms with Crippen LogP contribution >= 0.6 is 11.6 Å². The molecule has 6 nitrogen and oxygen atoms in total. The van der Waals surface area contributed by atoms with Gasteiger partial charge in [0.1, 0.15) is 6.04 Å². The summed E-state index contributed by atoms with van der Waals surface area (Å²) in [7, 11) is -2.16. The van der Waals surface area contributed by atoms with Gasteiger partial charge in [-0.2, -0.15) is 4.31 Å². The number of benzene rings is 2. The lowest BCUT2D eigenvalue weighted by atomic mass is 10.0. The molecule has 152 valence electrons. The summed E-state index contributed by atoms with van der Waals surface area (Å²) in [5.41, 5.74) is 7.27. The van der Waals surface area contributed by atoms with Crippen molar-refractivity contribution in [3.8, 4) is 0 Å². The summed E-state index contributed by atoms with van der Waals surface area (Å²) in [6, 6.07) is 12.3. The van der Waals surface area contributed by atoms with Crippen molar-refractivity contribution in [1.82, 2.24) is 4.31 Å². The molecule has 0 aliphatic carbocycles. The molecular weight excluding hydrogens is 398 g/mol. The van der Waals surface area contributed by atoms with E-state index in [1.54, 1.807) is 7.05 Å². The Kier molecular flexibility index (Phi) is 7.46. The minimum absolute atomic E-state index is 0.0370. The zero-order valence-corrected chi connectivity index (χ0v) is 17.8. The molecule has 0 radical (unpaired) electrons. The van der Waals surface area contributed by atoms with Gasteiger partial charge in [-0.05, 0) is 54.3 Å². The fraction of sp³-hybridized carbons (Fsp3) is 0.350. The number of anilines is 1. The van der Waals surface area contributed by atoms with Gasteiger partial charge in [-0.1, -0.05) is 37.6 Å². The smallest absolute Gasteiger partial charge is 0.244 e. The second-order valence-electron chi connectivity index (χ2n) is 7.00. The van der Waals surface area contributed by atoms with Crippen molar-refractivity contribution in [2.45, 2.75) is 37.8 Å². The highest BCUT2D eigenvalue weighted by Gasteiger charge is 2.35. The fourth-order valence-corrected chi connectivity index (χ4v) is 4.60. The van der Waals surface area contributed by atoms with E-state index in [2.05, 4.69) is 5.32 Å². The molecular formula is C20H26ClN3O3S. The summed E-state index contributed by atoms with van der Waals surface area (Å²) < 4.78 is 27.9. The predicted octanol–water partition coefficient (Wildman–Crippen LogP) is 3.47. The Balaban J connectivity index is 2.49. The van der Waals surface area contributed by atoms with E-state index in [-0.39, 0.29) is 17.4 Å². The summed E-state index contributed by atoms with van der Waals surface area (Å²) in [4.78, 5) is 12.3. The van der Waals surface area contributed by atoms with E-state index in [9.17, 15) is 13.2 Å². The van der Waals surface area contributed by atoms with Gasteiger partial charge in [0, 0.05) is 24.3 Å². The Bertz CT molecular complexity index is 897. The molecule has 0 unspecified atom stereocenters. The highest BCUT2D eigenvalue weighted by Crippen LogP contribution is 2.26. The maximum Gasteiger partial charge on any atom is 0.244 e. The third kappa shape index (κ3) is 5.47. The van der Waals surface area contributed by atoms with Crippen LogP contribution in [0.1, 0.15) is 25.8 Å².